The van der Waals surface area contributed by atoms with Crippen LogP contribution < -0.4 is 34.4 Å². The molecular weight excluding hydrogens is 692 g/mol. The minimum atomic E-state index is -4.08. The number of carbonyl (C=O) groups is 2. The average molecular weight is 731 g/mol. The summed E-state index contributed by atoms with van der Waals surface area (Å²) in [6.07, 6.45) is 0. The predicted octanol–water partition coefficient (Wildman–Crippen LogP) is 4.88. The molecule has 1 heterocycles. The zero-order chi connectivity index (χ0) is 37.3. The molecule has 1 amide bonds. The minimum absolute atomic E-state index is 0.00353. The predicted molar refractivity (Wildman–Crippen MR) is 193 cm³/mol. The molecule has 0 aliphatic rings. The summed E-state index contributed by atoms with van der Waals surface area (Å²) >= 11 is 0. The lowest BCUT2D eigenvalue weighted by Gasteiger charge is -2.18. The van der Waals surface area contributed by atoms with Crippen LogP contribution in [0.2, 0.25) is 0 Å². The molecule has 0 bridgehead atoms. The van der Waals surface area contributed by atoms with E-state index in [9.17, 15) is 22.8 Å². The maximum absolute atomic E-state index is 13.5. The van der Waals surface area contributed by atoms with Crippen molar-refractivity contribution in [3.8, 4) is 34.3 Å². The Balaban J connectivity index is 1.21. The Hall–Kier alpha value is -5.86. The smallest absolute Gasteiger partial charge is 0.326 e. The molecule has 13 nitrogen and oxygen atoms in total. The van der Waals surface area contributed by atoms with Crippen LogP contribution in [0.15, 0.2) is 105 Å². The number of amides is 1. The second-order valence-electron chi connectivity index (χ2n) is 11.3. The summed E-state index contributed by atoms with van der Waals surface area (Å²) < 4.78 is 61.8. The number of ether oxygens (including phenoxy) is 5. The SMILES string of the molecule is CCOC(=O)C(CNC(=O)c1ccc(OCCOc2c(-c3ccc(OC)c(OC)c3)oc3ccccc3c2=O)cc1)NS(=O)(=O)c1ccc(C)cc1. The molecule has 1 aromatic heterocycles. The van der Waals surface area contributed by atoms with Gasteiger partial charge in [0.25, 0.3) is 5.91 Å². The van der Waals surface area contributed by atoms with Gasteiger partial charge in [-0.2, -0.15) is 4.72 Å². The van der Waals surface area contributed by atoms with Gasteiger partial charge in [-0.25, -0.2) is 8.42 Å². The Morgan fingerprint density at radius 3 is 2.23 bits per heavy atom. The van der Waals surface area contributed by atoms with E-state index in [0.29, 0.717) is 33.8 Å². The van der Waals surface area contributed by atoms with Crippen molar-refractivity contribution in [2.24, 2.45) is 0 Å². The highest BCUT2D eigenvalue weighted by Gasteiger charge is 2.28. The normalized spacial score (nSPS) is 11.8. The van der Waals surface area contributed by atoms with Crippen LogP contribution in [0.4, 0.5) is 0 Å². The van der Waals surface area contributed by atoms with E-state index >= 15 is 0 Å². The van der Waals surface area contributed by atoms with Crippen molar-refractivity contribution >= 4 is 32.9 Å². The largest absolute Gasteiger partial charge is 0.493 e. The third-order valence-corrected chi connectivity index (χ3v) is 9.27. The first-order valence-corrected chi connectivity index (χ1v) is 17.7. The number of benzene rings is 4. The first kappa shape index (κ1) is 37.4. The van der Waals surface area contributed by atoms with Crippen molar-refractivity contribution < 1.29 is 46.1 Å². The number of nitrogens with one attached hydrogen (secondary N) is 2. The molecule has 1 atom stereocenters. The second-order valence-corrected chi connectivity index (χ2v) is 13.0. The zero-order valence-corrected chi connectivity index (χ0v) is 29.8. The van der Waals surface area contributed by atoms with Gasteiger partial charge in [0, 0.05) is 17.7 Å². The molecular formula is C38H38N2O11S. The van der Waals surface area contributed by atoms with Crippen LogP contribution in [0.25, 0.3) is 22.3 Å². The summed E-state index contributed by atoms with van der Waals surface area (Å²) in [5.74, 6) is 0.212. The van der Waals surface area contributed by atoms with E-state index in [2.05, 4.69) is 10.0 Å². The molecule has 4 aromatic carbocycles. The van der Waals surface area contributed by atoms with Crippen LogP contribution in [0.3, 0.4) is 0 Å². The van der Waals surface area contributed by atoms with E-state index in [0.717, 1.165) is 5.56 Å². The van der Waals surface area contributed by atoms with Gasteiger partial charge in [0.1, 0.15) is 30.6 Å². The van der Waals surface area contributed by atoms with Crippen LogP contribution in [0.5, 0.6) is 23.0 Å². The minimum Gasteiger partial charge on any atom is -0.493 e. The molecule has 5 aromatic rings. The van der Waals surface area contributed by atoms with E-state index in [4.69, 9.17) is 28.1 Å². The molecule has 0 saturated carbocycles. The quantitative estimate of drug-likeness (QED) is 0.105. The summed E-state index contributed by atoms with van der Waals surface area (Å²) in [7, 11) is -1.05. The molecule has 2 N–H and O–H groups in total. The average Bonchev–Trinajstić information content (AvgIpc) is 3.15. The maximum atomic E-state index is 13.5. The van der Waals surface area contributed by atoms with Gasteiger partial charge < -0.3 is 33.4 Å². The fraction of sp³-hybridized carbons (Fsp3) is 0.237. The summed E-state index contributed by atoms with van der Waals surface area (Å²) in [5, 5.41) is 2.94. The third kappa shape index (κ3) is 8.89. The van der Waals surface area contributed by atoms with E-state index in [1.165, 1.54) is 38.5 Å². The number of rotatable bonds is 16. The van der Waals surface area contributed by atoms with Crippen molar-refractivity contribution in [1.29, 1.82) is 0 Å². The highest BCUT2D eigenvalue weighted by molar-refractivity contribution is 7.89. The highest BCUT2D eigenvalue weighted by Crippen LogP contribution is 2.36. The number of aryl methyl sites for hydroxylation is 1. The van der Waals surface area contributed by atoms with Crippen molar-refractivity contribution in [3.63, 3.8) is 0 Å². The lowest BCUT2D eigenvalue weighted by molar-refractivity contribution is -0.144. The van der Waals surface area contributed by atoms with Crippen LogP contribution in [0, 0.1) is 6.92 Å². The Morgan fingerprint density at radius 1 is 0.846 bits per heavy atom. The number of fused-ring (bicyclic) bond motifs is 1. The molecule has 0 fully saturated rings. The van der Waals surface area contributed by atoms with E-state index in [-0.39, 0.29) is 53.8 Å². The van der Waals surface area contributed by atoms with Crippen molar-refractivity contribution in [2.75, 3.05) is 40.6 Å². The number of sulfonamides is 1. The van der Waals surface area contributed by atoms with Crippen LogP contribution in [-0.2, 0) is 19.6 Å². The Bertz CT molecular complexity index is 2200. The molecule has 0 saturated heterocycles. The summed E-state index contributed by atoms with van der Waals surface area (Å²) in [6.45, 7) is 3.12. The van der Waals surface area contributed by atoms with Crippen LogP contribution in [-0.4, -0.2) is 66.9 Å². The lowest BCUT2D eigenvalue weighted by atomic mass is 10.1. The molecule has 1 unspecified atom stereocenters. The van der Waals surface area contributed by atoms with Crippen LogP contribution in [0.1, 0.15) is 22.8 Å². The summed E-state index contributed by atoms with van der Waals surface area (Å²) in [6, 6.07) is 22.9. The van der Waals surface area contributed by atoms with Crippen molar-refractivity contribution in [3.05, 3.63) is 112 Å². The number of hydrogen-bond donors (Lipinski definition) is 2. The van der Waals surface area contributed by atoms with Gasteiger partial charge in [0.05, 0.1) is 31.1 Å². The topological polar surface area (TPSA) is 169 Å². The standard InChI is InChI=1S/C38H38N2O11S/c1-5-48-38(43)30(40-52(44,45)28-17-10-24(2)11-18-28)23-39-37(42)25-12-15-27(16-13-25)49-20-21-50-36-34(41)29-8-6-7-9-31(29)51-35(36)26-14-19-32(46-3)33(22-26)47-4/h6-19,22,30,40H,5,20-21,23H2,1-4H3,(H,39,42). The van der Waals surface area contributed by atoms with Gasteiger partial charge in [0.2, 0.25) is 21.2 Å². The van der Waals surface area contributed by atoms with Gasteiger partial charge in [0.15, 0.2) is 17.3 Å². The zero-order valence-electron chi connectivity index (χ0n) is 29.0. The number of carbonyl (C=O) groups excluding carboxylic acids is 2. The van der Waals surface area contributed by atoms with E-state index in [1.807, 2.05) is 6.92 Å². The fourth-order valence-electron chi connectivity index (χ4n) is 5.11. The molecule has 0 aliphatic carbocycles. The molecule has 0 radical (unpaired) electrons. The van der Waals surface area contributed by atoms with Gasteiger partial charge in [-0.05, 0) is 80.6 Å². The summed E-state index contributed by atoms with van der Waals surface area (Å²) in [5.41, 5.74) is 1.69. The van der Waals surface area contributed by atoms with Gasteiger partial charge in [-0.1, -0.05) is 29.8 Å². The highest BCUT2D eigenvalue weighted by atomic mass is 32.2. The Morgan fingerprint density at radius 2 is 1.54 bits per heavy atom. The van der Waals surface area contributed by atoms with Crippen molar-refractivity contribution in [2.45, 2.75) is 24.8 Å². The molecule has 5 rings (SSSR count). The lowest BCUT2D eigenvalue weighted by Crippen LogP contribution is -2.49. The first-order valence-electron chi connectivity index (χ1n) is 16.2. The second kappa shape index (κ2) is 16.9. The van der Waals surface area contributed by atoms with Gasteiger partial charge in [-0.3, -0.25) is 14.4 Å². The van der Waals surface area contributed by atoms with E-state index in [1.54, 1.807) is 73.7 Å². The molecule has 0 aliphatic heterocycles. The number of para-hydroxylation sites is 1. The fourth-order valence-corrected chi connectivity index (χ4v) is 6.30. The summed E-state index contributed by atoms with van der Waals surface area (Å²) in [4.78, 5) is 39.0. The Kier molecular flexibility index (Phi) is 12.2. The molecule has 14 heteroatoms. The van der Waals surface area contributed by atoms with Gasteiger partial charge in [-0.15, -0.1) is 0 Å². The van der Waals surface area contributed by atoms with Gasteiger partial charge >= 0.3 is 5.97 Å². The molecule has 0 spiro atoms. The maximum Gasteiger partial charge on any atom is 0.326 e. The number of methoxy groups -OCH3 is 2. The monoisotopic (exact) mass is 730 g/mol. The molecule has 272 valence electrons. The van der Waals surface area contributed by atoms with Crippen LogP contribution >= 0.6 is 0 Å². The first-order chi connectivity index (χ1) is 25.0. The van der Waals surface area contributed by atoms with Crippen molar-refractivity contribution in [1.82, 2.24) is 10.0 Å². The van der Waals surface area contributed by atoms with E-state index < -0.39 is 27.9 Å². The Labute approximate surface area is 300 Å². The number of esters is 1. The number of hydrogen-bond acceptors (Lipinski definition) is 11. The third-order valence-electron chi connectivity index (χ3n) is 7.78. The molecule has 52 heavy (non-hydrogen) atoms.